The van der Waals surface area contributed by atoms with E-state index in [9.17, 15) is 14.7 Å². The van der Waals surface area contributed by atoms with Crippen LogP contribution in [0.1, 0.15) is 43.5 Å². The predicted molar refractivity (Wildman–Crippen MR) is 101 cm³/mol. The van der Waals surface area contributed by atoms with E-state index in [0.717, 1.165) is 6.42 Å². The smallest absolute Gasteiger partial charge is 0.251 e. The van der Waals surface area contributed by atoms with Crippen LogP contribution in [0.3, 0.4) is 0 Å². The largest absolute Gasteiger partial charge is 0.511 e. The van der Waals surface area contributed by atoms with Crippen LogP contribution in [0.2, 0.25) is 0 Å². The van der Waals surface area contributed by atoms with Gasteiger partial charge in [0.2, 0.25) is 0 Å². The molecule has 1 aromatic rings. The Morgan fingerprint density at radius 3 is 2.62 bits per heavy atom. The number of hydrogen-bond acceptors (Lipinski definition) is 5. The van der Waals surface area contributed by atoms with Crippen LogP contribution in [-0.4, -0.2) is 43.3 Å². The van der Waals surface area contributed by atoms with E-state index in [1.807, 2.05) is 13.8 Å². The van der Waals surface area contributed by atoms with Gasteiger partial charge in [-0.15, -0.1) is 0 Å². The third-order valence-electron chi connectivity index (χ3n) is 4.18. The highest BCUT2D eigenvalue weighted by molar-refractivity contribution is 6.14. The number of carbonyl (C=O) groups excluding carboxylic acids is 2. The van der Waals surface area contributed by atoms with Crippen molar-refractivity contribution in [3.8, 4) is 0 Å². The first kappa shape index (κ1) is 19.8. The summed E-state index contributed by atoms with van der Waals surface area (Å²) in [7, 11) is 1.62. The van der Waals surface area contributed by atoms with Gasteiger partial charge >= 0.3 is 0 Å². The number of Topliss-reactive ketones (excluding diaryl/α,β-unsaturated/α-hetero) is 1. The minimum atomic E-state index is -0.225. The number of hydrogen-bond donors (Lipinski definition) is 2. The fourth-order valence-electron chi connectivity index (χ4n) is 2.81. The summed E-state index contributed by atoms with van der Waals surface area (Å²) in [6.07, 6.45) is 3.02. The molecule has 1 aliphatic rings. The van der Waals surface area contributed by atoms with E-state index in [4.69, 9.17) is 4.74 Å². The fraction of sp³-hybridized carbons (Fsp3) is 0.450. The van der Waals surface area contributed by atoms with Crippen molar-refractivity contribution in [1.82, 2.24) is 5.32 Å². The molecule has 0 aromatic heterocycles. The molecule has 1 aromatic carbocycles. The van der Waals surface area contributed by atoms with Crippen LogP contribution in [0.5, 0.6) is 0 Å². The molecule has 1 amide bonds. The minimum absolute atomic E-state index is 0.0852. The van der Waals surface area contributed by atoms with Crippen LogP contribution >= 0.6 is 0 Å². The highest BCUT2D eigenvalue weighted by atomic mass is 16.5. The van der Waals surface area contributed by atoms with Gasteiger partial charge in [-0.1, -0.05) is 13.8 Å². The number of carbonyl (C=O) groups is 2. The summed E-state index contributed by atoms with van der Waals surface area (Å²) < 4.78 is 4.94. The molecular weight excluding hydrogens is 332 g/mol. The van der Waals surface area contributed by atoms with Gasteiger partial charge in [0.25, 0.3) is 5.91 Å². The van der Waals surface area contributed by atoms with Gasteiger partial charge in [-0.2, -0.15) is 0 Å². The molecule has 2 N–H and O–H groups in total. The van der Waals surface area contributed by atoms with E-state index < -0.39 is 0 Å². The lowest BCUT2D eigenvalue weighted by molar-refractivity contribution is -0.117. The van der Waals surface area contributed by atoms with Crippen molar-refractivity contribution < 1.29 is 19.4 Å². The van der Waals surface area contributed by atoms with Gasteiger partial charge in [0, 0.05) is 44.9 Å². The number of aliphatic hydroxyl groups excluding tert-OH is 1. The molecular formula is C20H26N2O4. The van der Waals surface area contributed by atoms with E-state index in [1.54, 1.807) is 31.4 Å². The first-order valence-corrected chi connectivity index (χ1v) is 8.69. The molecule has 0 saturated carbocycles. The van der Waals surface area contributed by atoms with Crippen molar-refractivity contribution in [3.05, 3.63) is 41.2 Å². The predicted octanol–water partition coefficient (Wildman–Crippen LogP) is 3.36. The van der Waals surface area contributed by atoms with E-state index in [0.29, 0.717) is 37.2 Å². The van der Waals surface area contributed by atoms with Crippen LogP contribution in [0.4, 0.5) is 5.69 Å². The Kier molecular flexibility index (Phi) is 6.69. The molecule has 0 radical (unpaired) electrons. The molecule has 0 spiro atoms. The van der Waals surface area contributed by atoms with Gasteiger partial charge in [-0.25, -0.2) is 0 Å². The molecule has 0 bridgehead atoms. The van der Waals surface area contributed by atoms with Crippen molar-refractivity contribution in [1.29, 1.82) is 0 Å². The molecule has 0 aliphatic heterocycles. The van der Waals surface area contributed by atoms with Gasteiger partial charge < -0.3 is 15.2 Å². The third-order valence-corrected chi connectivity index (χ3v) is 4.18. The number of rotatable bonds is 7. The van der Waals surface area contributed by atoms with Gasteiger partial charge in [0.15, 0.2) is 5.78 Å². The van der Waals surface area contributed by atoms with Gasteiger partial charge in [-0.05, 0) is 36.1 Å². The molecule has 6 heteroatoms. The molecule has 26 heavy (non-hydrogen) atoms. The summed E-state index contributed by atoms with van der Waals surface area (Å²) in [5.74, 6) is -0.168. The Bertz CT molecular complexity index is 718. The SMILES string of the molecule is COCCCNC(=O)c1ccc(N=CC2=C(O)CC(C)(C)CC2=O)cc1. The Morgan fingerprint density at radius 1 is 1.31 bits per heavy atom. The molecule has 0 saturated heterocycles. The average molecular weight is 358 g/mol. The van der Waals surface area contributed by atoms with Gasteiger partial charge in [-0.3, -0.25) is 14.6 Å². The number of ketones is 1. The van der Waals surface area contributed by atoms with Crippen molar-refractivity contribution in [2.75, 3.05) is 20.3 Å². The van der Waals surface area contributed by atoms with E-state index in [-0.39, 0.29) is 28.4 Å². The van der Waals surface area contributed by atoms with Gasteiger partial charge in [0.1, 0.15) is 5.76 Å². The number of ether oxygens (including phenoxy) is 1. The first-order chi connectivity index (χ1) is 12.3. The van der Waals surface area contributed by atoms with Crippen LogP contribution in [0.25, 0.3) is 0 Å². The topological polar surface area (TPSA) is 88.0 Å². The van der Waals surface area contributed by atoms with Crippen LogP contribution in [0, 0.1) is 5.41 Å². The standard InChI is InChI=1S/C20H26N2O4/c1-20(2)11-17(23)16(18(24)12-20)13-22-15-7-5-14(6-8-15)19(25)21-9-4-10-26-3/h5-8,13,23H,4,9-12H2,1-3H3,(H,21,25). The number of aliphatic hydroxyl groups is 1. The van der Waals surface area contributed by atoms with Gasteiger partial charge in [0.05, 0.1) is 11.3 Å². The van der Waals surface area contributed by atoms with Crippen molar-refractivity contribution >= 4 is 23.6 Å². The Morgan fingerprint density at radius 2 is 2.00 bits per heavy atom. The molecule has 140 valence electrons. The summed E-state index contributed by atoms with van der Waals surface area (Å²) in [6, 6.07) is 6.77. The second-order valence-electron chi connectivity index (χ2n) is 7.21. The third kappa shape index (κ3) is 5.52. The normalized spacial score (nSPS) is 17.0. The molecule has 0 fully saturated rings. The highest BCUT2D eigenvalue weighted by Crippen LogP contribution is 2.35. The number of nitrogens with one attached hydrogen (secondary N) is 1. The van der Waals surface area contributed by atoms with Crippen LogP contribution in [-0.2, 0) is 9.53 Å². The second kappa shape index (κ2) is 8.76. The zero-order valence-electron chi connectivity index (χ0n) is 15.5. The lowest BCUT2D eigenvalue weighted by Crippen LogP contribution is -2.26. The number of benzene rings is 1. The van der Waals surface area contributed by atoms with Crippen LogP contribution in [0.15, 0.2) is 40.6 Å². The van der Waals surface area contributed by atoms with Crippen LogP contribution < -0.4 is 5.32 Å². The summed E-state index contributed by atoms with van der Waals surface area (Å²) in [5, 5.41) is 12.9. The molecule has 0 atom stereocenters. The number of allylic oxidation sites excluding steroid dienone is 2. The fourth-order valence-corrected chi connectivity index (χ4v) is 2.81. The molecule has 1 aliphatic carbocycles. The molecule has 6 nitrogen and oxygen atoms in total. The Hall–Kier alpha value is -2.47. The summed E-state index contributed by atoms with van der Waals surface area (Å²) in [6.45, 7) is 5.06. The Balaban J connectivity index is 1.99. The summed E-state index contributed by atoms with van der Waals surface area (Å²) in [4.78, 5) is 28.4. The maximum Gasteiger partial charge on any atom is 0.251 e. The molecule has 0 unspecified atom stereocenters. The van der Waals surface area contributed by atoms with E-state index >= 15 is 0 Å². The van der Waals surface area contributed by atoms with E-state index in [2.05, 4.69) is 10.3 Å². The maximum atomic E-state index is 12.2. The average Bonchev–Trinajstić information content (AvgIpc) is 2.57. The molecule has 0 heterocycles. The monoisotopic (exact) mass is 358 g/mol. The van der Waals surface area contributed by atoms with E-state index in [1.165, 1.54) is 6.21 Å². The summed E-state index contributed by atoms with van der Waals surface area (Å²) >= 11 is 0. The summed E-state index contributed by atoms with van der Waals surface area (Å²) in [5.41, 5.74) is 1.19. The first-order valence-electron chi connectivity index (χ1n) is 8.69. The number of amides is 1. The zero-order valence-corrected chi connectivity index (χ0v) is 15.5. The number of methoxy groups -OCH3 is 1. The Labute approximate surface area is 154 Å². The molecule has 2 rings (SSSR count). The lowest BCUT2D eigenvalue weighted by atomic mass is 9.77. The maximum absolute atomic E-state index is 12.2. The van der Waals surface area contributed by atoms with Crippen molar-refractivity contribution in [2.24, 2.45) is 10.4 Å². The van der Waals surface area contributed by atoms with Crippen molar-refractivity contribution in [2.45, 2.75) is 33.1 Å². The second-order valence-corrected chi connectivity index (χ2v) is 7.21. The lowest BCUT2D eigenvalue weighted by Gasteiger charge is -2.28. The number of nitrogens with zero attached hydrogens (tertiary/aromatic N) is 1. The zero-order chi connectivity index (χ0) is 19.2. The minimum Gasteiger partial charge on any atom is -0.511 e. The quantitative estimate of drug-likeness (QED) is 0.578. The highest BCUT2D eigenvalue weighted by Gasteiger charge is 2.32. The van der Waals surface area contributed by atoms with Crippen molar-refractivity contribution in [3.63, 3.8) is 0 Å². The number of aliphatic imine (C=N–C) groups is 1.